The molecule has 0 unspecified atom stereocenters. The number of ether oxygens (including phenoxy) is 4. The molecule has 5 rings (SSSR count). The van der Waals surface area contributed by atoms with E-state index in [4.69, 9.17) is 18.9 Å². The third-order valence-corrected chi connectivity index (χ3v) is 6.63. The molecule has 2 spiro atoms. The van der Waals surface area contributed by atoms with Gasteiger partial charge in [0.2, 0.25) is 0 Å². The summed E-state index contributed by atoms with van der Waals surface area (Å²) in [6.07, 6.45) is 6.38. The molecule has 136 valence electrons. The fraction of sp³-hybridized carbons (Fsp3) is 1.00. The lowest BCUT2D eigenvalue weighted by Gasteiger charge is -2.38. The van der Waals surface area contributed by atoms with Crippen LogP contribution in [-0.2, 0) is 18.9 Å². The van der Waals surface area contributed by atoms with Crippen molar-refractivity contribution in [1.82, 2.24) is 0 Å². The largest absolute Gasteiger partial charge is 0.387 e. The second-order valence-corrected chi connectivity index (χ2v) is 8.25. The summed E-state index contributed by atoms with van der Waals surface area (Å²) in [5, 5.41) is 21.2. The first-order chi connectivity index (χ1) is 11.6. The second kappa shape index (κ2) is 5.63. The number of aliphatic hydroxyl groups is 2. The number of hydrogen-bond donors (Lipinski definition) is 2. The molecular formula is C18H28O6. The van der Waals surface area contributed by atoms with Gasteiger partial charge in [0.15, 0.2) is 11.6 Å². The van der Waals surface area contributed by atoms with Gasteiger partial charge in [-0.05, 0) is 25.7 Å². The van der Waals surface area contributed by atoms with E-state index in [1.54, 1.807) is 0 Å². The zero-order chi connectivity index (χ0) is 16.4. The first kappa shape index (κ1) is 16.0. The van der Waals surface area contributed by atoms with Gasteiger partial charge in [-0.1, -0.05) is 12.8 Å². The fourth-order valence-corrected chi connectivity index (χ4v) is 5.39. The molecule has 3 aliphatic carbocycles. The molecule has 0 radical (unpaired) electrons. The third-order valence-electron chi connectivity index (χ3n) is 6.63. The Morgan fingerprint density at radius 1 is 0.500 bits per heavy atom. The van der Waals surface area contributed by atoms with Gasteiger partial charge in [0, 0.05) is 25.7 Å². The molecule has 0 aromatic rings. The van der Waals surface area contributed by atoms with Crippen LogP contribution in [0.1, 0.15) is 64.2 Å². The molecule has 0 aromatic carbocycles. The normalized spacial score (nSPS) is 49.2. The average Bonchev–Trinajstić information content (AvgIpc) is 3.14. The molecule has 5 fully saturated rings. The summed E-state index contributed by atoms with van der Waals surface area (Å²) >= 11 is 0. The first-order valence-electron chi connectivity index (χ1n) is 9.69. The fourth-order valence-electron chi connectivity index (χ4n) is 5.39. The van der Waals surface area contributed by atoms with E-state index in [1.807, 2.05) is 0 Å². The topological polar surface area (TPSA) is 77.4 Å². The summed E-state index contributed by atoms with van der Waals surface area (Å²) < 4.78 is 25.1. The zero-order valence-corrected chi connectivity index (χ0v) is 14.1. The maximum Gasteiger partial charge on any atom is 0.169 e. The van der Waals surface area contributed by atoms with Crippen LogP contribution in [0.4, 0.5) is 0 Å². The van der Waals surface area contributed by atoms with E-state index in [-0.39, 0.29) is 12.2 Å². The quantitative estimate of drug-likeness (QED) is 0.698. The van der Waals surface area contributed by atoms with Crippen molar-refractivity contribution in [2.24, 2.45) is 0 Å². The van der Waals surface area contributed by atoms with E-state index < -0.39 is 36.0 Å². The van der Waals surface area contributed by atoms with Crippen LogP contribution in [0.25, 0.3) is 0 Å². The summed E-state index contributed by atoms with van der Waals surface area (Å²) in [5.74, 6) is -1.20. The van der Waals surface area contributed by atoms with Gasteiger partial charge >= 0.3 is 0 Å². The lowest BCUT2D eigenvalue weighted by Crippen LogP contribution is -2.61. The van der Waals surface area contributed by atoms with Crippen LogP contribution in [0.3, 0.4) is 0 Å². The van der Waals surface area contributed by atoms with E-state index in [1.165, 1.54) is 12.8 Å². The highest BCUT2D eigenvalue weighted by Gasteiger charge is 2.65. The molecule has 2 heterocycles. The van der Waals surface area contributed by atoms with Gasteiger partial charge < -0.3 is 29.2 Å². The molecule has 5 aliphatic rings. The Kier molecular flexibility index (Phi) is 3.75. The highest BCUT2D eigenvalue weighted by atomic mass is 16.8. The van der Waals surface area contributed by atoms with Crippen LogP contribution in [0, 0.1) is 0 Å². The predicted molar refractivity (Wildman–Crippen MR) is 83.1 cm³/mol. The molecule has 0 amide bonds. The Bertz CT molecular complexity index is 440. The van der Waals surface area contributed by atoms with Gasteiger partial charge in [-0.3, -0.25) is 0 Å². The van der Waals surface area contributed by atoms with Crippen LogP contribution < -0.4 is 0 Å². The van der Waals surface area contributed by atoms with Crippen molar-refractivity contribution < 1.29 is 29.2 Å². The van der Waals surface area contributed by atoms with Crippen LogP contribution in [0.5, 0.6) is 0 Å². The van der Waals surface area contributed by atoms with Gasteiger partial charge in [-0.2, -0.15) is 0 Å². The van der Waals surface area contributed by atoms with Gasteiger partial charge in [-0.25, -0.2) is 0 Å². The van der Waals surface area contributed by atoms with E-state index in [0.717, 1.165) is 51.4 Å². The smallest absolute Gasteiger partial charge is 0.169 e. The van der Waals surface area contributed by atoms with Gasteiger partial charge in [0.25, 0.3) is 0 Å². The van der Waals surface area contributed by atoms with Crippen molar-refractivity contribution in [3.8, 4) is 0 Å². The van der Waals surface area contributed by atoms with Crippen molar-refractivity contribution in [2.45, 2.75) is 112 Å². The number of rotatable bonds is 0. The molecule has 2 saturated heterocycles. The van der Waals surface area contributed by atoms with Crippen LogP contribution in [-0.4, -0.2) is 58.4 Å². The Balaban J connectivity index is 1.42. The molecule has 2 aliphatic heterocycles. The Hall–Kier alpha value is -0.240. The summed E-state index contributed by atoms with van der Waals surface area (Å²) in [6.45, 7) is 0. The maximum atomic E-state index is 10.6. The Morgan fingerprint density at radius 3 is 1.21 bits per heavy atom. The standard InChI is InChI=1S/C18H28O6/c19-11-12(20)14-16(24-18(22-14)9-5-2-6-10-18)15-13(11)21-17(23-15)7-3-1-4-8-17/h11-16,19-20H,1-10H2/t11-,12-,13-,14-,15-,16-/m0/s1. The molecule has 6 nitrogen and oxygen atoms in total. The van der Waals surface area contributed by atoms with Crippen molar-refractivity contribution in [2.75, 3.05) is 0 Å². The van der Waals surface area contributed by atoms with Gasteiger partial charge in [-0.15, -0.1) is 0 Å². The monoisotopic (exact) mass is 340 g/mol. The highest BCUT2D eigenvalue weighted by Crippen LogP contribution is 2.51. The Labute approximate surface area is 142 Å². The second-order valence-electron chi connectivity index (χ2n) is 8.25. The van der Waals surface area contributed by atoms with Gasteiger partial charge in [0.1, 0.15) is 36.6 Å². The first-order valence-corrected chi connectivity index (χ1v) is 9.69. The summed E-state index contributed by atoms with van der Waals surface area (Å²) in [6, 6.07) is 0. The molecular weight excluding hydrogens is 312 g/mol. The maximum absolute atomic E-state index is 10.6. The average molecular weight is 340 g/mol. The van der Waals surface area contributed by atoms with E-state index in [9.17, 15) is 10.2 Å². The van der Waals surface area contributed by atoms with Crippen LogP contribution in [0.15, 0.2) is 0 Å². The minimum absolute atomic E-state index is 0.354. The zero-order valence-electron chi connectivity index (χ0n) is 14.1. The lowest BCUT2D eigenvalue weighted by molar-refractivity contribution is -0.224. The SMILES string of the molecule is O[C@H]1[C@H](O)[C@@H]2OC3(CCCCC3)O[C@@H]2[C@H]2OC3(CCCCC3)O[C@@H]12. The van der Waals surface area contributed by atoms with E-state index in [2.05, 4.69) is 0 Å². The minimum Gasteiger partial charge on any atom is -0.387 e. The third kappa shape index (κ3) is 2.31. The van der Waals surface area contributed by atoms with Crippen molar-refractivity contribution >= 4 is 0 Å². The number of hydrogen-bond acceptors (Lipinski definition) is 6. The van der Waals surface area contributed by atoms with Crippen LogP contribution in [0.2, 0.25) is 0 Å². The van der Waals surface area contributed by atoms with Crippen molar-refractivity contribution in [3.63, 3.8) is 0 Å². The molecule has 2 N–H and O–H groups in total. The molecule has 3 saturated carbocycles. The van der Waals surface area contributed by atoms with E-state index >= 15 is 0 Å². The number of aliphatic hydroxyl groups excluding tert-OH is 2. The van der Waals surface area contributed by atoms with Gasteiger partial charge in [0.05, 0.1) is 0 Å². The summed E-state index contributed by atoms with van der Waals surface area (Å²) in [4.78, 5) is 0. The predicted octanol–water partition coefficient (Wildman–Crippen LogP) is 1.61. The van der Waals surface area contributed by atoms with E-state index in [0.29, 0.717) is 0 Å². The molecule has 6 atom stereocenters. The molecule has 6 heteroatoms. The number of fused-ring (bicyclic) bond motifs is 3. The molecule has 0 bridgehead atoms. The van der Waals surface area contributed by atoms with Crippen molar-refractivity contribution in [3.05, 3.63) is 0 Å². The molecule has 24 heavy (non-hydrogen) atoms. The van der Waals surface area contributed by atoms with Crippen LogP contribution >= 0.6 is 0 Å². The summed E-state index contributed by atoms with van der Waals surface area (Å²) in [5.41, 5.74) is 0. The lowest BCUT2D eigenvalue weighted by atomic mass is 9.85. The highest BCUT2D eigenvalue weighted by molar-refractivity contribution is 5.09. The molecule has 0 aromatic heterocycles. The Morgan fingerprint density at radius 2 is 0.833 bits per heavy atom. The van der Waals surface area contributed by atoms with Crippen molar-refractivity contribution in [1.29, 1.82) is 0 Å². The summed E-state index contributed by atoms with van der Waals surface area (Å²) in [7, 11) is 0. The minimum atomic E-state index is -0.986.